The molecule has 0 radical (unpaired) electrons. The zero-order valence-electron chi connectivity index (χ0n) is 14.8. The van der Waals surface area contributed by atoms with Crippen molar-refractivity contribution in [3.8, 4) is 0 Å². The number of H-pyrrole nitrogens is 1. The Hall–Kier alpha value is -2.75. The molecule has 2 aromatic carbocycles. The molecular formula is C21H25N3O. The fraction of sp³-hybridized carbons (Fsp3) is 0.286. The van der Waals surface area contributed by atoms with Gasteiger partial charge in [-0.2, -0.15) is 0 Å². The molecule has 3 N–H and O–H groups in total. The summed E-state index contributed by atoms with van der Waals surface area (Å²) in [5.74, 6) is 0.534. The van der Waals surface area contributed by atoms with E-state index in [1.165, 1.54) is 16.5 Å². The molecule has 1 atom stereocenters. The number of benzene rings is 2. The zero-order chi connectivity index (χ0) is 17.6. The van der Waals surface area contributed by atoms with E-state index in [-0.39, 0.29) is 11.9 Å². The zero-order valence-corrected chi connectivity index (χ0v) is 14.8. The molecule has 0 aliphatic rings. The van der Waals surface area contributed by atoms with Crippen LogP contribution in [0.1, 0.15) is 30.9 Å². The van der Waals surface area contributed by atoms with Gasteiger partial charge in [-0.3, -0.25) is 0 Å². The largest absolute Gasteiger partial charge is 0.361 e. The van der Waals surface area contributed by atoms with Gasteiger partial charge >= 0.3 is 6.03 Å². The van der Waals surface area contributed by atoms with Crippen molar-refractivity contribution in [3.05, 3.63) is 71.9 Å². The number of hydrogen-bond donors (Lipinski definition) is 3. The van der Waals surface area contributed by atoms with E-state index in [2.05, 4.69) is 59.9 Å². The number of aromatic nitrogens is 1. The summed E-state index contributed by atoms with van der Waals surface area (Å²) in [6.07, 6.45) is 2.05. The van der Waals surface area contributed by atoms with Gasteiger partial charge in [0, 0.05) is 36.1 Å². The second-order valence-electron chi connectivity index (χ2n) is 6.74. The van der Waals surface area contributed by atoms with E-state index < -0.39 is 0 Å². The van der Waals surface area contributed by atoms with Crippen molar-refractivity contribution in [3.63, 3.8) is 0 Å². The first kappa shape index (κ1) is 17.1. The van der Waals surface area contributed by atoms with Gasteiger partial charge in [-0.15, -0.1) is 0 Å². The number of rotatable bonds is 6. The Morgan fingerprint density at radius 2 is 1.64 bits per heavy atom. The van der Waals surface area contributed by atoms with Crippen LogP contribution in [0.4, 0.5) is 4.79 Å². The monoisotopic (exact) mass is 335 g/mol. The minimum atomic E-state index is -0.116. The first-order chi connectivity index (χ1) is 12.1. The number of aromatic amines is 1. The van der Waals surface area contributed by atoms with E-state index in [4.69, 9.17) is 0 Å². The first-order valence-corrected chi connectivity index (χ1v) is 8.78. The Kier molecular flexibility index (Phi) is 5.39. The third-order valence-corrected chi connectivity index (χ3v) is 4.34. The van der Waals surface area contributed by atoms with E-state index in [0.717, 1.165) is 5.52 Å². The normalized spacial score (nSPS) is 12.3. The predicted molar refractivity (Wildman–Crippen MR) is 103 cm³/mol. The van der Waals surface area contributed by atoms with Gasteiger partial charge in [0.15, 0.2) is 0 Å². The van der Waals surface area contributed by atoms with E-state index in [0.29, 0.717) is 19.0 Å². The number of carbonyl (C=O) groups is 1. The van der Waals surface area contributed by atoms with Crippen molar-refractivity contribution in [1.82, 2.24) is 15.6 Å². The van der Waals surface area contributed by atoms with E-state index in [1.54, 1.807) is 0 Å². The summed E-state index contributed by atoms with van der Waals surface area (Å²) in [7, 11) is 0. The highest BCUT2D eigenvalue weighted by molar-refractivity contribution is 5.84. The number of fused-ring (bicyclic) bond motifs is 1. The third-order valence-electron chi connectivity index (χ3n) is 4.34. The number of hydrogen-bond acceptors (Lipinski definition) is 1. The summed E-state index contributed by atoms with van der Waals surface area (Å²) < 4.78 is 0. The van der Waals surface area contributed by atoms with Crippen LogP contribution in [0, 0.1) is 5.92 Å². The molecule has 0 fully saturated rings. The van der Waals surface area contributed by atoms with Gasteiger partial charge in [0.05, 0.1) is 0 Å². The Balaban J connectivity index is 1.83. The minimum Gasteiger partial charge on any atom is -0.361 e. The number of para-hydroxylation sites is 1. The Labute approximate surface area is 148 Å². The highest BCUT2D eigenvalue weighted by Crippen LogP contribution is 2.30. The van der Waals surface area contributed by atoms with Crippen LogP contribution in [-0.4, -0.2) is 24.1 Å². The molecule has 130 valence electrons. The van der Waals surface area contributed by atoms with Gasteiger partial charge in [0.2, 0.25) is 0 Å². The van der Waals surface area contributed by atoms with Gasteiger partial charge in [-0.25, -0.2) is 4.79 Å². The van der Waals surface area contributed by atoms with Crippen LogP contribution in [0.5, 0.6) is 0 Å². The summed E-state index contributed by atoms with van der Waals surface area (Å²) in [6, 6.07) is 18.5. The van der Waals surface area contributed by atoms with Gasteiger partial charge in [0.1, 0.15) is 0 Å². The maximum Gasteiger partial charge on any atom is 0.314 e. The minimum absolute atomic E-state index is 0.0992. The third kappa shape index (κ3) is 4.21. The van der Waals surface area contributed by atoms with Crippen LogP contribution in [0.3, 0.4) is 0 Å². The van der Waals surface area contributed by atoms with Crippen LogP contribution in [0.2, 0.25) is 0 Å². The van der Waals surface area contributed by atoms with Crippen molar-refractivity contribution in [2.24, 2.45) is 5.92 Å². The number of urea groups is 1. The van der Waals surface area contributed by atoms with Crippen LogP contribution < -0.4 is 10.6 Å². The van der Waals surface area contributed by atoms with Crippen molar-refractivity contribution >= 4 is 16.9 Å². The summed E-state index contributed by atoms with van der Waals surface area (Å²) >= 11 is 0. The van der Waals surface area contributed by atoms with Gasteiger partial charge < -0.3 is 15.6 Å². The van der Waals surface area contributed by atoms with Crippen molar-refractivity contribution in [2.45, 2.75) is 19.8 Å². The molecule has 0 saturated carbocycles. The Bertz CT molecular complexity index is 823. The van der Waals surface area contributed by atoms with Crippen molar-refractivity contribution in [2.75, 3.05) is 13.1 Å². The average Bonchev–Trinajstić information content (AvgIpc) is 3.05. The SMILES string of the molecule is CC(C)CNC(=O)NC[C@@H](c1ccccc1)c1c[nH]c2ccccc12. The van der Waals surface area contributed by atoms with Crippen LogP contribution in [0.25, 0.3) is 10.9 Å². The van der Waals surface area contributed by atoms with Crippen LogP contribution in [0.15, 0.2) is 60.8 Å². The topological polar surface area (TPSA) is 56.9 Å². The molecule has 4 nitrogen and oxygen atoms in total. The molecule has 1 heterocycles. The molecule has 0 unspecified atom stereocenters. The molecule has 1 aromatic heterocycles. The Morgan fingerprint density at radius 3 is 2.40 bits per heavy atom. The summed E-state index contributed by atoms with van der Waals surface area (Å²) in [5, 5.41) is 7.13. The molecule has 0 aliphatic heterocycles. The first-order valence-electron chi connectivity index (χ1n) is 8.78. The standard InChI is InChI=1S/C21H25N3O/c1-15(2)12-23-21(25)24-13-18(16-8-4-3-5-9-16)19-14-22-20-11-7-6-10-17(19)20/h3-11,14-15,18,22H,12-13H2,1-2H3,(H2,23,24,25)/t18-/m0/s1. The quantitative estimate of drug-likeness (QED) is 0.619. The molecule has 0 saturated heterocycles. The highest BCUT2D eigenvalue weighted by Gasteiger charge is 2.18. The predicted octanol–water partition coefficient (Wildman–Crippen LogP) is 4.26. The number of amides is 2. The highest BCUT2D eigenvalue weighted by atomic mass is 16.2. The van der Waals surface area contributed by atoms with Crippen molar-refractivity contribution < 1.29 is 4.79 Å². The molecule has 4 heteroatoms. The lowest BCUT2D eigenvalue weighted by Crippen LogP contribution is -2.39. The molecule has 0 aliphatic carbocycles. The molecular weight excluding hydrogens is 310 g/mol. The lowest BCUT2D eigenvalue weighted by molar-refractivity contribution is 0.239. The molecule has 3 aromatic rings. The van der Waals surface area contributed by atoms with E-state index in [1.807, 2.05) is 30.3 Å². The molecule has 0 bridgehead atoms. The van der Waals surface area contributed by atoms with E-state index in [9.17, 15) is 4.79 Å². The maximum atomic E-state index is 12.1. The summed E-state index contributed by atoms with van der Waals surface area (Å²) in [6.45, 7) is 5.39. The van der Waals surface area contributed by atoms with Gasteiger partial charge in [-0.1, -0.05) is 62.4 Å². The van der Waals surface area contributed by atoms with Gasteiger partial charge in [0.25, 0.3) is 0 Å². The number of nitrogens with one attached hydrogen (secondary N) is 3. The fourth-order valence-electron chi connectivity index (χ4n) is 3.03. The molecule has 2 amide bonds. The number of carbonyl (C=O) groups excluding carboxylic acids is 1. The fourth-order valence-corrected chi connectivity index (χ4v) is 3.03. The second-order valence-corrected chi connectivity index (χ2v) is 6.74. The van der Waals surface area contributed by atoms with Crippen molar-refractivity contribution in [1.29, 1.82) is 0 Å². The Morgan fingerprint density at radius 1 is 0.960 bits per heavy atom. The van der Waals surface area contributed by atoms with Crippen LogP contribution >= 0.6 is 0 Å². The lowest BCUT2D eigenvalue weighted by atomic mass is 9.91. The molecule has 3 rings (SSSR count). The lowest BCUT2D eigenvalue weighted by Gasteiger charge is -2.19. The van der Waals surface area contributed by atoms with E-state index >= 15 is 0 Å². The molecule has 25 heavy (non-hydrogen) atoms. The average molecular weight is 335 g/mol. The summed E-state index contributed by atoms with van der Waals surface area (Å²) in [5.41, 5.74) is 3.50. The van der Waals surface area contributed by atoms with Crippen LogP contribution in [-0.2, 0) is 0 Å². The van der Waals surface area contributed by atoms with Gasteiger partial charge in [-0.05, 0) is 23.1 Å². The molecule has 0 spiro atoms. The summed E-state index contributed by atoms with van der Waals surface area (Å²) in [4.78, 5) is 15.4. The second kappa shape index (κ2) is 7.88. The smallest absolute Gasteiger partial charge is 0.314 e. The maximum absolute atomic E-state index is 12.1.